The summed E-state index contributed by atoms with van der Waals surface area (Å²) >= 11 is 0. The standard InChI is InChI=1S/C71H48N2O2/c1-71(2)63-44-49-42-52(72(50-23-11-5-12-24-50)64-33-17-31-60-58-29-15-27-55(67(58)74-69(60)64)45-19-7-3-8-20-45)37-35-47(49)43-62(63)57-39-36-48-41-53(38-40-54(48)66(57)71)73(51-25-13-6-14-26-51)65-34-18-32-61-59-30-16-28-56(68(59)75-70(61)65)46-21-9-4-10-22-46/h3-44H,1-2H3. The van der Waals surface area contributed by atoms with Gasteiger partial charge < -0.3 is 18.6 Å². The summed E-state index contributed by atoms with van der Waals surface area (Å²) in [7, 11) is 0. The largest absolute Gasteiger partial charge is 0.453 e. The Morgan fingerprint density at radius 2 is 0.747 bits per heavy atom. The first-order valence-corrected chi connectivity index (χ1v) is 25.8. The van der Waals surface area contributed by atoms with Gasteiger partial charge in [-0.15, -0.1) is 0 Å². The normalized spacial score (nSPS) is 12.8. The highest BCUT2D eigenvalue weighted by molar-refractivity contribution is 6.15. The maximum Gasteiger partial charge on any atom is 0.159 e. The average molecular weight is 961 g/mol. The van der Waals surface area contributed by atoms with Gasteiger partial charge in [0, 0.05) is 60.8 Å². The van der Waals surface area contributed by atoms with Crippen molar-refractivity contribution in [2.45, 2.75) is 19.3 Å². The maximum absolute atomic E-state index is 7.00. The molecule has 14 aromatic rings. The SMILES string of the molecule is CC1(C)c2cc3cc(N(c4ccccc4)c4cccc5c4oc4c(-c6ccccc6)cccc45)ccc3cc2-c2ccc3cc(N(c4ccccc4)c4cccc5c4oc4c(-c6ccccc6)cccc45)ccc3c21. The Morgan fingerprint density at radius 1 is 0.293 bits per heavy atom. The summed E-state index contributed by atoms with van der Waals surface area (Å²) in [5.74, 6) is 0. The molecule has 0 bridgehead atoms. The zero-order valence-electron chi connectivity index (χ0n) is 41.5. The molecule has 2 heterocycles. The van der Waals surface area contributed by atoms with E-state index < -0.39 is 0 Å². The minimum absolute atomic E-state index is 0.277. The van der Waals surface area contributed by atoms with E-state index in [2.05, 4.69) is 278 Å². The first kappa shape index (κ1) is 43.0. The van der Waals surface area contributed by atoms with Crippen molar-refractivity contribution >= 4 is 99.5 Å². The minimum Gasteiger partial charge on any atom is -0.453 e. The zero-order chi connectivity index (χ0) is 49.8. The van der Waals surface area contributed by atoms with Crippen LogP contribution in [-0.4, -0.2) is 0 Å². The number of nitrogens with zero attached hydrogens (tertiary/aromatic N) is 2. The highest BCUT2D eigenvalue weighted by Crippen LogP contribution is 2.54. The maximum atomic E-state index is 7.00. The van der Waals surface area contributed by atoms with Crippen molar-refractivity contribution in [2.75, 3.05) is 9.80 Å². The van der Waals surface area contributed by atoms with E-state index in [1.54, 1.807) is 0 Å². The van der Waals surface area contributed by atoms with Crippen LogP contribution in [0.5, 0.6) is 0 Å². The minimum atomic E-state index is -0.277. The molecule has 15 rings (SSSR count). The van der Waals surface area contributed by atoms with E-state index in [0.717, 1.165) is 100 Å². The van der Waals surface area contributed by atoms with Crippen LogP contribution in [0.4, 0.5) is 34.1 Å². The molecule has 0 N–H and O–H groups in total. The fourth-order valence-electron chi connectivity index (χ4n) is 12.3. The van der Waals surface area contributed by atoms with E-state index in [9.17, 15) is 0 Å². The Hall–Kier alpha value is -9.64. The van der Waals surface area contributed by atoms with Gasteiger partial charge in [-0.1, -0.05) is 196 Å². The van der Waals surface area contributed by atoms with Crippen molar-refractivity contribution in [3.8, 4) is 33.4 Å². The van der Waals surface area contributed by atoms with Crippen LogP contribution in [0.3, 0.4) is 0 Å². The first-order chi connectivity index (χ1) is 37.0. The van der Waals surface area contributed by atoms with Gasteiger partial charge in [-0.3, -0.25) is 0 Å². The molecule has 0 fully saturated rings. The predicted molar refractivity (Wildman–Crippen MR) is 314 cm³/mol. The number of hydrogen-bond donors (Lipinski definition) is 0. The molecule has 0 unspecified atom stereocenters. The van der Waals surface area contributed by atoms with E-state index in [4.69, 9.17) is 8.83 Å². The van der Waals surface area contributed by atoms with Crippen LogP contribution < -0.4 is 9.80 Å². The predicted octanol–water partition coefficient (Wildman–Crippen LogP) is 20.4. The summed E-state index contributed by atoms with van der Waals surface area (Å²) in [5, 5.41) is 9.23. The van der Waals surface area contributed by atoms with E-state index >= 15 is 0 Å². The molecule has 4 heteroatoms. The zero-order valence-corrected chi connectivity index (χ0v) is 41.5. The lowest BCUT2D eigenvalue weighted by molar-refractivity contribution is 0.667. The second kappa shape index (κ2) is 16.7. The van der Waals surface area contributed by atoms with Crippen molar-refractivity contribution in [3.05, 3.63) is 266 Å². The van der Waals surface area contributed by atoms with Crippen LogP contribution in [0, 0.1) is 0 Å². The van der Waals surface area contributed by atoms with Crippen molar-refractivity contribution in [1.82, 2.24) is 0 Å². The molecule has 0 spiro atoms. The van der Waals surface area contributed by atoms with Gasteiger partial charge >= 0.3 is 0 Å². The Kier molecular flexibility index (Phi) is 9.58. The molecule has 2 aromatic heterocycles. The number of fused-ring (bicyclic) bond motifs is 12. The highest BCUT2D eigenvalue weighted by atomic mass is 16.3. The number of para-hydroxylation sites is 6. The molecule has 12 aromatic carbocycles. The van der Waals surface area contributed by atoms with Crippen molar-refractivity contribution in [2.24, 2.45) is 0 Å². The molecule has 75 heavy (non-hydrogen) atoms. The van der Waals surface area contributed by atoms with E-state index in [-0.39, 0.29) is 5.41 Å². The van der Waals surface area contributed by atoms with Crippen LogP contribution in [0.2, 0.25) is 0 Å². The van der Waals surface area contributed by atoms with Crippen LogP contribution >= 0.6 is 0 Å². The van der Waals surface area contributed by atoms with Gasteiger partial charge in [0.15, 0.2) is 11.2 Å². The van der Waals surface area contributed by atoms with E-state index in [0.29, 0.717) is 0 Å². The fourth-order valence-corrected chi connectivity index (χ4v) is 12.3. The summed E-state index contributed by atoms with van der Waals surface area (Å²) in [5.41, 5.74) is 19.2. The number of benzene rings is 12. The van der Waals surface area contributed by atoms with Crippen LogP contribution in [0.25, 0.3) is 98.8 Å². The number of anilines is 6. The van der Waals surface area contributed by atoms with E-state index in [1.807, 2.05) is 0 Å². The molecule has 1 aliphatic carbocycles. The second-order valence-electron chi connectivity index (χ2n) is 20.4. The molecule has 4 nitrogen and oxygen atoms in total. The lowest BCUT2D eigenvalue weighted by atomic mass is 9.79. The topological polar surface area (TPSA) is 32.8 Å². The molecule has 0 radical (unpaired) electrons. The molecule has 1 aliphatic rings. The smallest absolute Gasteiger partial charge is 0.159 e. The van der Waals surface area contributed by atoms with Crippen LogP contribution in [0.1, 0.15) is 25.0 Å². The lowest BCUT2D eigenvalue weighted by Crippen LogP contribution is -2.16. The second-order valence-corrected chi connectivity index (χ2v) is 20.4. The summed E-state index contributed by atoms with van der Waals surface area (Å²) in [6, 6.07) is 91.7. The summed E-state index contributed by atoms with van der Waals surface area (Å²) in [6.45, 7) is 4.79. The van der Waals surface area contributed by atoms with Crippen molar-refractivity contribution in [3.63, 3.8) is 0 Å². The molecule has 0 amide bonds. The summed E-state index contributed by atoms with van der Waals surface area (Å²) in [6.07, 6.45) is 0. The number of furan rings is 2. The fraction of sp³-hybridized carbons (Fsp3) is 0.0423. The van der Waals surface area contributed by atoms with Crippen molar-refractivity contribution in [1.29, 1.82) is 0 Å². The van der Waals surface area contributed by atoms with Gasteiger partial charge in [0.25, 0.3) is 0 Å². The number of rotatable bonds is 8. The third kappa shape index (κ3) is 6.69. The molecule has 0 aliphatic heterocycles. The van der Waals surface area contributed by atoms with Gasteiger partial charge in [-0.25, -0.2) is 0 Å². The van der Waals surface area contributed by atoms with Gasteiger partial charge in [-0.2, -0.15) is 0 Å². The van der Waals surface area contributed by atoms with Crippen molar-refractivity contribution < 1.29 is 8.83 Å². The van der Waals surface area contributed by atoms with Gasteiger partial charge in [0.05, 0.1) is 11.4 Å². The molecular formula is C71H48N2O2. The molecule has 0 saturated heterocycles. The number of hydrogen-bond acceptors (Lipinski definition) is 4. The Morgan fingerprint density at radius 3 is 1.28 bits per heavy atom. The molecule has 354 valence electrons. The average Bonchev–Trinajstić information content (AvgIpc) is 4.15. The summed E-state index contributed by atoms with van der Waals surface area (Å²) in [4.78, 5) is 4.69. The van der Waals surface area contributed by atoms with Gasteiger partial charge in [0.1, 0.15) is 11.2 Å². The van der Waals surface area contributed by atoms with Crippen LogP contribution in [0.15, 0.2) is 264 Å². The molecule has 0 atom stereocenters. The lowest BCUT2D eigenvalue weighted by Gasteiger charge is -2.27. The monoisotopic (exact) mass is 960 g/mol. The highest BCUT2D eigenvalue weighted by Gasteiger charge is 2.37. The quantitative estimate of drug-likeness (QED) is 0.152. The Balaban J connectivity index is 0.838. The Labute approximate surface area is 434 Å². The third-order valence-electron chi connectivity index (χ3n) is 15.8. The summed E-state index contributed by atoms with van der Waals surface area (Å²) < 4.78 is 14.0. The van der Waals surface area contributed by atoms with Gasteiger partial charge in [0.2, 0.25) is 0 Å². The Bertz CT molecular complexity index is 4560. The van der Waals surface area contributed by atoms with Crippen LogP contribution in [-0.2, 0) is 5.41 Å². The van der Waals surface area contributed by atoms with Gasteiger partial charge in [-0.05, 0) is 128 Å². The first-order valence-electron chi connectivity index (χ1n) is 25.8. The molecule has 0 saturated carbocycles. The molecular weight excluding hydrogens is 913 g/mol. The third-order valence-corrected chi connectivity index (χ3v) is 15.8. The van der Waals surface area contributed by atoms with E-state index in [1.165, 1.54) is 43.8 Å².